The van der Waals surface area contributed by atoms with Crippen molar-refractivity contribution >= 4 is 15.8 Å². The van der Waals surface area contributed by atoms with E-state index in [0.717, 1.165) is 19.3 Å². The summed E-state index contributed by atoms with van der Waals surface area (Å²) >= 11 is 0. The van der Waals surface area contributed by atoms with Crippen molar-refractivity contribution in [2.75, 3.05) is 11.5 Å². The van der Waals surface area contributed by atoms with Gasteiger partial charge in [-0.25, -0.2) is 8.42 Å². The molecule has 0 bridgehead atoms. The fourth-order valence-corrected chi connectivity index (χ4v) is 4.92. The molecular weight excluding hydrogens is 216 g/mol. The van der Waals surface area contributed by atoms with Gasteiger partial charge in [-0.3, -0.25) is 4.79 Å². The highest BCUT2D eigenvalue weighted by atomic mass is 32.2. The molecule has 2 rings (SSSR count). The zero-order valence-electron chi connectivity index (χ0n) is 8.61. The Kier molecular flexibility index (Phi) is 2.53. The standard InChI is InChI=1S/C10H16O4S/c11-9(12)6-10(8-2-3-8)4-1-5-15(13,14)7-10/h8H,1-7H2,(H,11,12). The second-order valence-corrected chi connectivity index (χ2v) is 7.09. The lowest BCUT2D eigenvalue weighted by Crippen LogP contribution is -2.39. The van der Waals surface area contributed by atoms with Crippen LogP contribution in [-0.2, 0) is 14.6 Å². The van der Waals surface area contributed by atoms with Gasteiger partial charge in [-0.1, -0.05) is 0 Å². The first-order valence-electron chi connectivity index (χ1n) is 5.36. The highest BCUT2D eigenvalue weighted by Gasteiger charge is 2.50. The molecule has 0 aromatic heterocycles. The topological polar surface area (TPSA) is 71.4 Å². The van der Waals surface area contributed by atoms with E-state index < -0.39 is 21.2 Å². The van der Waals surface area contributed by atoms with Crippen LogP contribution in [0.2, 0.25) is 0 Å². The first-order chi connectivity index (χ1) is 6.94. The van der Waals surface area contributed by atoms with Gasteiger partial charge in [-0.2, -0.15) is 0 Å². The molecule has 0 amide bonds. The third-order valence-electron chi connectivity index (χ3n) is 3.58. The molecule has 1 aliphatic heterocycles. The second kappa shape index (κ2) is 3.47. The monoisotopic (exact) mass is 232 g/mol. The normalized spacial score (nSPS) is 34.9. The fraction of sp³-hybridized carbons (Fsp3) is 0.900. The summed E-state index contributed by atoms with van der Waals surface area (Å²) in [6, 6.07) is 0. The highest BCUT2D eigenvalue weighted by Crippen LogP contribution is 2.53. The summed E-state index contributed by atoms with van der Waals surface area (Å²) in [5.74, 6) is -0.194. The lowest BCUT2D eigenvalue weighted by Gasteiger charge is -2.35. The van der Waals surface area contributed by atoms with Crippen LogP contribution in [0.4, 0.5) is 0 Å². The minimum absolute atomic E-state index is 0.0247. The van der Waals surface area contributed by atoms with Gasteiger partial charge in [-0.15, -0.1) is 0 Å². The van der Waals surface area contributed by atoms with Gasteiger partial charge >= 0.3 is 5.97 Å². The maximum Gasteiger partial charge on any atom is 0.303 e. The van der Waals surface area contributed by atoms with Gasteiger partial charge in [-0.05, 0) is 37.0 Å². The first-order valence-corrected chi connectivity index (χ1v) is 7.18. The summed E-state index contributed by atoms with van der Waals surface area (Å²) in [6.45, 7) is 0. The molecule has 0 spiro atoms. The number of carbonyl (C=O) groups is 1. The van der Waals surface area contributed by atoms with Gasteiger partial charge in [0.05, 0.1) is 17.9 Å². The van der Waals surface area contributed by atoms with Gasteiger partial charge in [0.1, 0.15) is 0 Å². The van der Waals surface area contributed by atoms with Crippen LogP contribution in [0.3, 0.4) is 0 Å². The summed E-state index contributed by atoms with van der Waals surface area (Å²) in [7, 11) is -3.00. The van der Waals surface area contributed by atoms with Crippen LogP contribution in [0.1, 0.15) is 32.1 Å². The van der Waals surface area contributed by atoms with Crippen LogP contribution in [0.25, 0.3) is 0 Å². The summed E-state index contributed by atoms with van der Waals surface area (Å²) in [5.41, 5.74) is -0.442. The van der Waals surface area contributed by atoms with Crippen molar-refractivity contribution in [1.82, 2.24) is 0 Å². The molecule has 1 heterocycles. The van der Waals surface area contributed by atoms with Gasteiger partial charge in [0.2, 0.25) is 0 Å². The second-order valence-electron chi connectivity index (χ2n) is 4.90. The zero-order chi connectivity index (χ0) is 11.1. The van der Waals surface area contributed by atoms with Crippen LogP contribution in [0.15, 0.2) is 0 Å². The van der Waals surface area contributed by atoms with Crippen molar-refractivity contribution in [2.45, 2.75) is 32.1 Å². The van der Waals surface area contributed by atoms with Crippen LogP contribution >= 0.6 is 0 Å². The Morgan fingerprint density at radius 1 is 1.40 bits per heavy atom. The molecule has 86 valence electrons. The van der Waals surface area contributed by atoms with E-state index in [9.17, 15) is 13.2 Å². The van der Waals surface area contributed by atoms with Crippen molar-refractivity contribution in [3.05, 3.63) is 0 Å². The molecule has 1 aliphatic carbocycles. The third kappa shape index (κ3) is 2.33. The Balaban J connectivity index is 2.21. The molecule has 0 radical (unpaired) electrons. The molecule has 2 fully saturated rings. The Bertz CT molecular complexity index is 369. The van der Waals surface area contributed by atoms with E-state index in [0.29, 0.717) is 12.3 Å². The summed E-state index contributed by atoms with van der Waals surface area (Å²) in [5, 5.41) is 8.88. The number of carboxylic acid groups (broad SMARTS) is 1. The van der Waals surface area contributed by atoms with Crippen LogP contribution in [0, 0.1) is 11.3 Å². The number of sulfone groups is 1. The average molecular weight is 232 g/mol. The predicted octanol–water partition coefficient (Wildman–Crippen LogP) is 1.07. The fourth-order valence-electron chi connectivity index (χ4n) is 2.83. The van der Waals surface area contributed by atoms with E-state index in [2.05, 4.69) is 0 Å². The lowest BCUT2D eigenvalue weighted by atomic mass is 9.77. The van der Waals surface area contributed by atoms with E-state index in [1.54, 1.807) is 0 Å². The molecule has 1 atom stereocenters. The highest BCUT2D eigenvalue weighted by molar-refractivity contribution is 7.91. The summed E-state index contributed by atoms with van der Waals surface area (Å²) < 4.78 is 23.2. The summed E-state index contributed by atoms with van der Waals surface area (Å²) in [4.78, 5) is 10.8. The molecule has 1 saturated carbocycles. The Hall–Kier alpha value is -0.580. The third-order valence-corrected chi connectivity index (χ3v) is 5.51. The molecule has 15 heavy (non-hydrogen) atoms. The number of hydrogen-bond donors (Lipinski definition) is 1. The van der Waals surface area contributed by atoms with E-state index in [-0.39, 0.29) is 17.9 Å². The van der Waals surface area contributed by atoms with Gasteiger partial charge < -0.3 is 5.11 Å². The molecule has 1 saturated heterocycles. The number of hydrogen-bond acceptors (Lipinski definition) is 3. The number of rotatable bonds is 3. The largest absolute Gasteiger partial charge is 0.481 e. The maximum atomic E-state index is 11.6. The quantitative estimate of drug-likeness (QED) is 0.790. The van der Waals surface area contributed by atoms with Gasteiger partial charge in [0.25, 0.3) is 0 Å². The predicted molar refractivity (Wildman–Crippen MR) is 55.3 cm³/mol. The van der Waals surface area contributed by atoms with E-state index in [4.69, 9.17) is 5.11 Å². The van der Waals surface area contributed by atoms with Crippen molar-refractivity contribution in [3.63, 3.8) is 0 Å². The Morgan fingerprint density at radius 2 is 2.07 bits per heavy atom. The van der Waals surface area contributed by atoms with E-state index in [1.165, 1.54) is 0 Å². The molecule has 0 aromatic rings. The van der Waals surface area contributed by atoms with Gasteiger partial charge in [0.15, 0.2) is 9.84 Å². The van der Waals surface area contributed by atoms with Crippen molar-refractivity contribution in [2.24, 2.45) is 11.3 Å². The van der Waals surface area contributed by atoms with Crippen molar-refractivity contribution in [1.29, 1.82) is 0 Å². The van der Waals surface area contributed by atoms with Crippen LogP contribution in [-0.4, -0.2) is 31.0 Å². The van der Waals surface area contributed by atoms with Crippen LogP contribution < -0.4 is 0 Å². The molecule has 1 N–H and O–H groups in total. The minimum atomic E-state index is -3.00. The molecule has 0 aromatic carbocycles. The maximum absolute atomic E-state index is 11.6. The molecule has 5 heteroatoms. The first kappa shape index (κ1) is 10.9. The Labute approximate surface area is 89.6 Å². The SMILES string of the molecule is O=C(O)CC1(C2CC2)CCCS(=O)(=O)C1. The average Bonchev–Trinajstić information content (AvgIpc) is 2.81. The molecule has 4 nitrogen and oxygen atoms in total. The van der Waals surface area contributed by atoms with E-state index >= 15 is 0 Å². The van der Waals surface area contributed by atoms with Crippen LogP contribution in [0.5, 0.6) is 0 Å². The zero-order valence-corrected chi connectivity index (χ0v) is 9.42. The molecular formula is C10H16O4S. The molecule has 2 aliphatic rings. The van der Waals surface area contributed by atoms with Crippen molar-refractivity contribution < 1.29 is 18.3 Å². The lowest BCUT2D eigenvalue weighted by molar-refractivity contribution is -0.140. The van der Waals surface area contributed by atoms with Crippen molar-refractivity contribution in [3.8, 4) is 0 Å². The number of carboxylic acids is 1. The Morgan fingerprint density at radius 3 is 2.53 bits per heavy atom. The van der Waals surface area contributed by atoms with Gasteiger partial charge in [0, 0.05) is 0 Å². The molecule has 1 unspecified atom stereocenters. The number of aliphatic carboxylic acids is 1. The smallest absolute Gasteiger partial charge is 0.303 e. The van der Waals surface area contributed by atoms with E-state index in [1.807, 2.05) is 0 Å². The minimum Gasteiger partial charge on any atom is -0.481 e. The summed E-state index contributed by atoms with van der Waals surface area (Å²) in [6.07, 6.45) is 3.43.